The quantitative estimate of drug-likeness (QED) is 0.237. The summed E-state index contributed by atoms with van der Waals surface area (Å²) in [7, 11) is 0. The number of carbonyl (C=O) groups excluding carboxylic acids is 1. The van der Waals surface area contributed by atoms with Crippen LogP contribution < -0.4 is 4.74 Å². The van der Waals surface area contributed by atoms with Crippen molar-refractivity contribution in [2.24, 2.45) is 5.41 Å². The van der Waals surface area contributed by atoms with Crippen LogP contribution in [0.4, 0.5) is 4.79 Å². The molecular weight excluding hydrogens is 478 g/mol. The van der Waals surface area contributed by atoms with Crippen molar-refractivity contribution >= 4 is 23.8 Å². The van der Waals surface area contributed by atoms with E-state index in [9.17, 15) is 14.7 Å². The van der Waals surface area contributed by atoms with Gasteiger partial charge >= 0.3 is 12.1 Å². The third-order valence-electron chi connectivity index (χ3n) is 5.09. The van der Waals surface area contributed by atoms with Crippen LogP contribution in [0.3, 0.4) is 0 Å². The predicted molar refractivity (Wildman–Crippen MR) is 143 cm³/mol. The maximum absolute atomic E-state index is 12.7. The average molecular weight is 518 g/mol. The van der Waals surface area contributed by atoms with Crippen LogP contribution in [0.25, 0.3) is 0 Å². The van der Waals surface area contributed by atoms with Gasteiger partial charge in [-0.25, -0.2) is 9.59 Å². The molecule has 1 atom stereocenters. The highest BCUT2D eigenvalue weighted by atomic mass is 32.2. The van der Waals surface area contributed by atoms with E-state index in [0.717, 1.165) is 17.7 Å². The maximum atomic E-state index is 12.7. The Morgan fingerprint density at radius 3 is 2.33 bits per heavy atom. The van der Waals surface area contributed by atoms with Crippen LogP contribution in [-0.4, -0.2) is 66.8 Å². The van der Waals surface area contributed by atoms with Gasteiger partial charge in [0.15, 0.2) is 6.10 Å². The van der Waals surface area contributed by atoms with Gasteiger partial charge in [0.25, 0.3) is 0 Å². The molecule has 1 unspecified atom stereocenters. The largest absolute Gasteiger partial charge is 0.492 e. The highest BCUT2D eigenvalue weighted by Gasteiger charge is 2.20. The molecular formula is C28H39NO6S. The van der Waals surface area contributed by atoms with Crippen molar-refractivity contribution in [3.05, 3.63) is 60.2 Å². The summed E-state index contributed by atoms with van der Waals surface area (Å²) in [5.74, 6) is 0.580. The van der Waals surface area contributed by atoms with Crippen molar-refractivity contribution < 1.29 is 28.9 Å². The number of thioether (sulfide) groups is 1. The van der Waals surface area contributed by atoms with E-state index < -0.39 is 12.1 Å². The zero-order chi connectivity index (χ0) is 26.4. The number of hydrogen-bond donors (Lipinski definition) is 1. The molecule has 0 heterocycles. The highest BCUT2D eigenvalue weighted by Crippen LogP contribution is 2.19. The van der Waals surface area contributed by atoms with E-state index in [1.165, 1.54) is 4.90 Å². The monoisotopic (exact) mass is 517 g/mol. The third kappa shape index (κ3) is 11.8. The summed E-state index contributed by atoms with van der Waals surface area (Å²) in [5.41, 5.74) is 0.747. The van der Waals surface area contributed by atoms with Crippen LogP contribution in [0, 0.1) is 5.41 Å². The van der Waals surface area contributed by atoms with Gasteiger partial charge in [-0.2, -0.15) is 0 Å². The number of ether oxygens (including phenoxy) is 3. The summed E-state index contributed by atoms with van der Waals surface area (Å²) in [6.07, 6.45) is -0.0694. The van der Waals surface area contributed by atoms with E-state index in [2.05, 4.69) is 12.1 Å². The second kappa shape index (κ2) is 15.4. The molecule has 1 amide bonds. The molecule has 198 valence electrons. The molecule has 0 aliphatic heterocycles. The number of carbonyl (C=O) groups is 2. The summed E-state index contributed by atoms with van der Waals surface area (Å²) >= 11 is 1.77. The SMILES string of the molecule is CCOC(Cc1ccc(OCCN(CCCSc2ccccc2)C(=O)OCC(C)(C)C)cc1)C(=O)O. The van der Waals surface area contributed by atoms with Crippen LogP contribution in [0.5, 0.6) is 5.75 Å². The lowest BCUT2D eigenvalue weighted by Gasteiger charge is -2.25. The zero-order valence-electron chi connectivity index (χ0n) is 21.8. The summed E-state index contributed by atoms with van der Waals surface area (Å²) in [5, 5.41) is 9.26. The van der Waals surface area contributed by atoms with E-state index in [1.54, 1.807) is 35.7 Å². The average Bonchev–Trinajstić information content (AvgIpc) is 2.84. The molecule has 0 fully saturated rings. The topological polar surface area (TPSA) is 85.3 Å². The summed E-state index contributed by atoms with van der Waals surface area (Å²) in [6.45, 7) is 9.87. The van der Waals surface area contributed by atoms with E-state index in [1.807, 2.05) is 51.1 Å². The Bertz CT molecular complexity index is 914. The molecule has 2 aromatic carbocycles. The summed E-state index contributed by atoms with van der Waals surface area (Å²) in [4.78, 5) is 26.9. The zero-order valence-corrected chi connectivity index (χ0v) is 22.6. The van der Waals surface area contributed by atoms with Crippen molar-refractivity contribution in [3.8, 4) is 5.75 Å². The lowest BCUT2D eigenvalue weighted by molar-refractivity contribution is -0.149. The van der Waals surface area contributed by atoms with E-state index in [0.29, 0.717) is 38.7 Å². The van der Waals surface area contributed by atoms with Gasteiger partial charge in [0, 0.05) is 24.5 Å². The Hall–Kier alpha value is -2.71. The third-order valence-corrected chi connectivity index (χ3v) is 6.19. The molecule has 0 bridgehead atoms. The fourth-order valence-corrected chi connectivity index (χ4v) is 4.11. The first-order chi connectivity index (χ1) is 17.2. The first kappa shape index (κ1) is 29.5. The molecule has 0 spiro atoms. The number of carboxylic acids is 1. The first-order valence-corrected chi connectivity index (χ1v) is 13.3. The van der Waals surface area contributed by atoms with Crippen LogP contribution in [0.15, 0.2) is 59.5 Å². The van der Waals surface area contributed by atoms with Gasteiger partial charge in [0.05, 0.1) is 13.2 Å². The molecule has 36 heavy (non-hydrogen) atoms. The van der Waals surface area contributed by atoms with Crippen LogP contribution >= 0.6 is 11.8 Å². The van der Waals surface area contributed by atoms with Gasteiger partial charge in [0.1, 0.15) is 12.4 Å². The minimum Gasteiger partial charge on any atom is -0.492 e. The number of nitrogens with zero attached hydrogens (tertiary/aromatic N) is 1. The van der Waals surface area contributed by atoms with Gasteiger partial charge in [-0.15, -0.1) is 11.8 Å². The fraction of sp³-hybridized carbons (Fsp3) is 0.500. The van der Waals surface area contributed by atoms with E-state index >= 15 is 0 Å². The van der Waals surface area contributed by atoms with E-state index in [4.69, 9.17) is 14.2 Å². The van der Waals surface area contributed by atoms with Crippen molar-refractivity contribution in [2.45, 2.75) is 51.5 Å². The van der Waals surface area contributed by atoms with Crippen LogP contribution in [0.1, 0.15) is 39.7 Å². The Kier molecular flexibility index (Phi) is 12.6. The Morgan fingerprint density at radius 2 is 1.72 bits per heavy atom. The number of rotatable bonds is 15. The number of carboxylic acid groups (broad SMARTS) is 1. The molecule has 0 saturated heterocycles. The first-order valence-electron chi connectivity index (χ1n) is 12.3. The smallest absolute Gasteiger partial charge is 0.409 e. The Balaban J connectivity index is 1.86. The van der Waals surface area contributed by atoms with Gasteiger partial charge < -0.3 is 24.2 Å². The molecule has 2 rings (SSSR count). The predicted octanol–water partition coefficient (Wildman–Crippen LogP) is 5.76. The van der Waals surface area contributed by atoms with Crippen LogP contribution in [0.2, 0.25) is 0 Å². The minimum absolute atomic E-state index is 0.107. The minimum atomic E-state index is -0.974. The lowest BCUT2D eigenvalue weighted by atomic mass is 9.99. The molecule has 0 radical (unpaired) electrons. The molecule has 7 nitrogen and oxygen atoms in total. The van der Waals surface area contributed by atoms with Gasteiger partial charge in [-0.05, 0) is 54.3 Å². The van der Waals surface area contributed by atoms with E-state index in [-0.39, 0.29) is 17.9 Å². The normalized spacial score (nSPS) is 12.1. The van der Waals surface area contributed by atoms with Crippen molar-refractivity contribution in [1.29, 1.82) is 0 Å². The van der Waals surface area contributed by atoms with Crippen molar-refractivity contribution in [3.63, 3.8) is 0 Å². The van der Waals surface area contributed by atoms with Crippen molar-refractivity contribution in [1.82, 2.24) is 4.90 Å². The fourth-order valence-electron chi connectivity index (χ4n) is 3.25. The summed E-state index contributed by atoms with van der Waals surface area (Å²) < 4.78 is 16.7. The molecule has 0 aliphatic rings. The molecule has 0 aliphatic carbocycles. The number of benzene rings is 2. The van der Waals surface area contributed by atoms with Gasteiger partial charge in [-0.3, -0.25) is 0 Å². The van der Waals surface area contributed by atoms with Gasteiger partial charge in [0.2, 0.25) is 0 Å². The summed E-state index contributed by atoms with van der Waals surface area (Å²) in [6, 6.07) is 17.5. The number of amides is 1. The van der Waals surface area contributed by atoms with Crippen LogP contribution in [-0.2, 0) is 20.7 Å². The maximum Gasteiger partial charge on any atom is 0.409 e. The van der Waals surface area contributed by atoms with Gasteiger partial charge in [-0.1, -0.05) is 51.1 Å². The Labute approximate surface area is 219 Å². The number of aliphatic carboxylic acids is 1. The molecule has 0 saturated carbocycles. The molecule has 1 N–H and O–H groups in total. The second-order valence-corrected chi connectivity index (χ2v) is 10.8. The lowest BCUT2D eigenvalue weighted by Crippen LogP contribution is -2.37. The molecule has 8 heteroatoms. The Morgan fingerprint density at radius 1 is 1.03 bits per heavy atom. The molecule has 0 aromatic heterocycles. The molecule has 2 aromatic rings. The highest BCUT2D eigenvalue weighted by molar-refractivity contribution is 7.99. The second-order valence-electron chi connectivity index (χ2n) is 9.60. The van der Waals surface area contributed by atoms with Crippen molar-refractivity contribution in [2.75, 3.05) is 38.7 Å². The number of hydrogen-bond acceptors (Lipinski definition) is 6. The standard InChI is InChI=1S/C28H39NO6S/c1-5-33-25(26(30)31)20-22-12-14-23(15-13-22)34-18-17-29(27(32)35-21-28(2,3)4)16-9-19-36-24-10-7-6-8-11-24/h6-8,10-15,25H,5,9,16-21H2,1-4H3,(H,30,31).